The van der Waals surface area contributed by atoms with Crippen LogP contribution in [-0.2, 0) is 11.2 Å². The van der Waals surface area contributed by atoms with Crippen LogP contribution in [0, 0.1) is 0 Å². The number of carbonyl (C=O) groups is 1. The van der Waals surface area contributed by atoms with Gasteiger partial charge in [0.25, 0.3) is 0 Å². The Morgan fingerprint density at radius 2 is 2.04 bits per heavy atom. The molecule has 2 fully saturated rings. The molecule has 0 radical (unpaired) electrons. The molecule has 8 nitrogen and oxygen atoms in total. The number of carbonyl (C=O) groups excluding carboxylic acids is 1. The van der Waals surface area contributed by atoms with Crippen LogP contribution in [0.4, 0.5) is 5.82 Å². The van der Waals surface area contributed by atoms with E-state index in [-0.39, 0.29) is 11.8 Å². The van der Waals surface area contributed by atoms with Crippen LogP contribution in [0.5, 0.6) is 0 Å². The summed E-state index contributed by atoms with van der Waals surface area (Å²) in [7, 11) is 0. The second kappa shape index (κ2) is 5.39. The molecule has 1 atom stereocenters. The molecule has 6 rings (SSSR count). The van der Waals surface area contributed by atoms with Crippen LogP contribution in [0.15, 0.2) is 10.9 Å². The minimum absolute atomic E-state index is 0.0992. The minimum Gasteiger partial charge on any atom is -0.383 e. The number of nitrogen functional groups attached to an aromatic ring is 1. The normalized spacial score (nSPS) is 22.1. The van der Waals surface area contributed by atoms with Gasteiger partial charge in [0.2, 0.25) is 0 Å². The van der Waals surface area contributed by atoms with Crippen molar-refractivity contribution in [2.24, 2.45) is 0 Å². The zero-order valence-corrected chi connectivity index (χ0v) is 14.8. The Labute approximate surface area is 154 Å². The first-order valence-electron chi connectivity index (χ1n) is 9.48. The maximum Gasteiger partial charge on any atom is 0.169 e. The summed E-state index contributed by atoms with van der Waals surface area (Å²) >= 11 is 0. The Morgan fingerprint density at radius 1 is 1.15 bits per heavy atom. The van der Waals surface area contributed by atoms with Gasteiger partial charge in [0.05, 0.1) is 23.6 Å². The van der Waals surface area contributed by atoms with Gasteiger partial charge in [-0.25, -0.2) is 9.97 Å². The highest BCUT2D eigenvalue weighted by atomic mass is 16.5. The maximum atomic E-state index is 12.9. The maximum absolute atomic E-state index is 12.9. The van der Waals surface area contributed by atoms with Gasteiger partial charge in [0.15, 0.2) is 11.5 Å². The van der Waals surface area contributed by atoms with Crippen molar-refractivity contribution in [2.75, 3.05) is 18.9 Å². The van der Waals surface area contributed by atoms with Crippen molar-refractivity contribution in [3.05, 3.63) is 23.3 Å². The Kier molecular flexibility index (Phi) is 3.06. The molecule has 2 N–H and O–H groups in total. The van der Waals surface area contributed by atoms with Gasteiger partial charge in [-0.15, -0.1) is 0 Å². The predicted octanol–water partition coefficient (Wildman–Crippen LogP) is 2.64. The van der Waals surface area contributed by atoms with Crippen molar-refractivity contribution in [2.45, 2.75) is 44.1 Å². The number of hydrogen-bond donors (Lipinski definition) is 1. The molecule has 0 amide bonds. The third-order valence-corrected chi connectivity index (χ3v) is 5.96. The van der Waals surface area contributed by atoms with E-state index in [0.717, 1.165) is 53.9 Å². The van der Waals surface area contributed by atoms with Crippen molar-refractivity contribution < 1.29 is 14.1 Å². The van der Waals surface area contributed by atoms with E-state index in [1.807, 2.05) is 0 Å². The summed E-state index contributed by atoms with van der Waals surface area (Å²) in [5.41, 5.74) is 10.2. The average Bonchev–Trinajstić information content (AvgIpc) is 3.11. The molecule has 1 aliphatic heterocycles. The molecule has 1 saturated carbocycles. The highest BCUT2D eigenvalue weighted by Gasteiger charge is 2.39. The predicted molar refractivity (Wildman–Crippen MR) is 96.5 cm³/mol. The number of fused-ring (bicyclic) bond motifs is 5. The largest absolute Gasteiger partial charge is 0.383 e. The van der Waals surface area contributed by atoms with Crippen molar-refractivity contribution in [3.63, 3.8) is 0 Å². The van der Waals surface area contributed by atoms with Crippen LogP contribution in [0.2, 0.25) is 0 Å². The van der Waals surface area contributed by atoms with Gasteiger partial charge < -0.3 is 19.6 Å². The zero-order valence-electron chi connectivity index (χ0n) is 14.8. The van der Waals surface area contributed by atoms with Crippen molar-refractivity contribution in [1.82, 2.24) is 19.7 Å². The molecular formula is C19H19N5O3. The second-order valence-corrected chi connectivity index (χ2v) is 7.63. The fourth-order valence-electron chi connectivity index (χ4n) is 4.55. The lowest BCUT2D eigenvalue weighted by Gasteiger charge is -2.15. The van der Waals surface area contributed by atoms with Gasteiger partial charge in [-0.2, -0.15) is 0 Å². The number of Topliss-reactive ketones (excluding diaryl/α,β-unsaturated/α-hetero) is 1. The van der Waals surface area contributed by atoms with E-state index >= 15 is 0 Å². The van der Waals surface area contributed by atoms with Crippen LogP contribution >= 0.6 is 0 Å². The zero-order chi connectivity index (χ0) is 18.1. The lowest BCUT2D eigenvalue weighted by molar-refractivity contribution is 0.0981. The highest BCUT2D eigenvalue weighted by molar-refractivity contribution is 6.10. The van der Waals surface area contributed by atoms with Gasteiger partial charge in [-0.1, -0.05) is 5.16 Å². The van der Waals surface area contributed by atoms with E-state index < -0.39 is 0 Å². The number of rotatable bonds is 2. The minimum atomic E-state index is 0.0992. The van der Waals surface area contributed by atoms with Gasteiger partial charge >= 0.3 is 0 Å². The second-order valence-electron chi connectivity index (χ2n) is 7.63. The first-order valence-corrected chi connectivity index (χ1v) is 9.48. The fraction of sp³-hybridized carbons (Fsp3) is 0.474. The van der Waals surface area contributed by atoms with Crippen LogP contribution in [-0.4, -0.2) is 38.7 Å². The van der Waals surface area contributed by atoms with Crippen LogP contribution in [0.1, 0.15) is 59.5 Å². The molecule has 138 valence electrons. The van der Waals surface area contributed by atoms with E-state index in [1.54, 1.807) is 0 Å². The molecule has 4 heterocycles. The number of hydrogen-bond acceptors (Lipinski definition) is 7. The highest BCUT2D eigenvalue weighted by Crippen LogP contribution is 2.48. The number of aromatic nitrogens is 4. The van der Waals surface area contributed by atoms with Gasteiger partial charge in [0.1, 0.15) is 23.5 Å². The molecule has 1 saturated heterocycles. The molecule has 27 heavy (non-hydrogen) atoms. The fourth-order valence-corrected chi connectivity index (χ4v) is 4.55. The number of anilines is 1. The van der Waals surface area contributed by atoms with Crippen molar-refractivity contribution in [3.8, 4) is 11.3 Å². The van der Waals surface area contributed by atoms with Crippen molar-refractivity contribution in [1.29, 1.82) is 0 Å². The summed E-state index contributed by atoms with van der Waals surface area (Å²) in [6.45, 7) is 1.35. The van der Waals surface area contributed by atoms with Gasteiger partial charge in [0, 0.05) is 30.2 Å². The van der Waals surface area contributed by atoms with E-state index in [9.17, 15) is 4.79 Å². The Balaban J connectivity index is 1.70. The summed E-state index contributed by atoms with van der Waals surface area (Å²) in [6, 6.07) is 0.178. The number of nitrogens with zero attached hydrogens (tertiary/aromatic N) is 4. The number of ketones is 1. The Hall–Kier alpha value is -2.74. The third kappa shape index (κ3) is 2.07. The average molecular weight is 365 g/mol. The van der Waals surface area contributed by atoms with E-state index in [4.69, 9.17) is 15.0 Å². The molecule has 3 aromatic rings. The molecule has 0 spiro atoms. The van der Waals surface area contributed by atoms with Crippen LogP contribution < -0.4 is 5.73 Å². The van der Waals surface area contributed by atoms with Crippen LogP contribution in [0.3, 0.4) is 0 Å². The van der Waals surface area contributed by atoms with Gasteiger partial charge in [-0.3, -0.25) is 4.79 Å². The molecule has 3 aliphatic rings. The lowest BCUT2D eigenvalue weighted by Crippen LogP contribution is -2.13. The van der Waals surface area contributed by atoms with E-state index in [1.165, 1.54) is 6.33 Å². The topological polar surface area (TPSA) is 109 Å². The third-order valence-electron chi connectivity index (χ3n) is 5.96. The first kappa shape index (κ1) is 15.3. The Morgan fingerprint density at radius 3 is 2.81 bits per heavy atom. The van der Waals surface area contributed by atoms with Crippen LogP contribution in [0.25, 0.3) is 22.3 Å². The summed E-state index contributed by atoms with van der Waals surface area (Å²) in [5.74, 6) is 1.56. The molecule has 2 aliphatic carbocycles. The SMILES string of the molecule is Nc1ncnc2c1c1c(n2C2CCOC2)CCC(=O)c2c-1noc2C1CC1. The number of nitrogens with two attached hydrogens (primary N) is 1. The molecule has 8 heteroatoms. The molecule has 3 aromatic heterocycles. The molecule has 0 aromatic carbocycles. The standard InChI is InChI=1S/C19H19N5O3/c20-18-15-13-11(24(10-5-6-26-7-10)19(15)22-8-21-18)3-4-12(25)14-16(13)23-27-17(14)9-1-2-9/h8-10H,1-7H2,(H2,20,21,22). The van der Waals surface area contributed by atoms with E-state index in [2.05, 4.69) is 19.7 Å². The smallest absolute Gasteiger partial charge is 0.169 e. The molecule has 1 unspecified atom stereocenters. The summed E-state index contributed by atoms with van der Waals surface area (Å²) in [5, 5.41) is 5.12. The summed E-state index contributed by atoms with van der Waals surface area (Å²) < 4.78 is 13.5. The first-order chi connectivity index (χ1) is 13.2. The quantitative estimate of drug-likeness (QED) is 0.743. The Bertz CT molecular complexity index is 1090. The molecule has 0 bridgehead atoms. The van der Waals surface area contributed by atoms with E-state index in [0.29, 0.717) is 42.4 Å². The number of ether oxygens (including phenoxy) is 1. The lowest BCUT2D eigenvalue weighted by atomic mass is 10.0. The molecular weight excluding hydrogens is 346 g/mol. The summed E-state index contributed by atoms with van der Waals surface area (Å²) in [6.07, 6.45) is 5.56. The monoisotopic (exact) mass is 365 g/mol. The summed E-state index contributed by atoms with van der Waals surface area (Å²) in [4.78, 5) is 21.7. The van der Waals surface area contributed by atoms with Crippen molar-refractivity contribution >= 4 is 22.6 Å². The van der Waals surface area contributed by atoms with Gasteiger partial charge in [-0.05, 0) is 25.7 Å².